The lowest BCUT2D eigenvalue weighted by Crippen LogP contribution is -2.32. The summed E-state index contributed by atoms with van der Waals surface area (Å²) in [4.78, 5) is 10.6. The summed E-state index contributed by atoms with van der Waals surface area (Å²) in [6.45, 7) is 3.61. The van der Waals surface area contributed by atoms with Crippen LogP contribution in [0.1, 0.15) is 12.8 Å². The van der Waals surface area contributed by atoms with E-state index in [1.165, 1.54) is 0 Å². The summed E-state index contributed by atoms with van der Waals surface area (Å²) in [7, 11) is 0. The highest BCUT2D eigenvalue weighted by Crippen LogP contribution is 2.23. The largest absolute Gasteiger partial charge is 0.405 e. The maximum absolute atomic E-state index is 10.6. The van der Waals surface area contributed by atoms with Crippen molar-refractivity contribution < 1.29 is 19.4 Å². The quantitative estimate of drug-likeness (QED) is 0.353. The Morgan fingerprint density at radius 3 is 3.00 bits per heavy atom. The van der Waals surface area contributed by atoms with Crippen LogP contribution in [0, 0.1) is 0 Å². The van der Waals surface area contributed by atoms with Crippen LogP contribution < -0.4 is 0 Å². The molecule has 1 N–H and O–H groups in total. The highest BCUT2D eigenvalue weighted by atomic mass is 16.8. The normalized spacial score (nSPS) is 29.9. The monoisotopic (exact) mass is 158 g/mol. The molecule has 1 saturated heterocycles. The molecule has 0 amide bonds. The Bertz CT molecular complexity index is 169. The molecule has 0 aromatic carbocycles. The van der Waals surface area contributed by atoms with Gasteiger partial charge in [-0.3, -0.25) is 0 Å². The highest BCUT2D eigenvalue weighted by molar-refractivity contribution is 5.81. The van der Waals surface area contributed by atoms with Crippen LogP contribution in [-0.4, -0.2) is 23.7 Å². The fraction of sp³-hybridized carbons (Fsp3) is 0.571. The van der Waals surface area contributed by atoms with Gasteiger partial charge < -0.3 is 14.6 Å². The molecule has 0 spiro atoms. The second kappa shape index (κ2) is 3.02. The van der Waals surface area contributed by atoms with Crippen molar-refractivity contribution in [3.63, 3.8) is 0 Å². The van der Waals surface area contributed by atoms with Crippen LogP contribution in [0.25, 0.3) is 0 Å². The molecular formula is C7H10O4. The van der Waals surface area contributed by atoms with Crippen molar-refractivity contribution in [3.8, 4) is 0 Å². The summed E-state index contributed by atoms with van der Waals surface area (Å²) < 4.78 is 9.30. The third kappa shape index (κ3) is 2.03. The van der Waals surface area contributed by atoms with Gasteiger partial charge in [-0.15, -0.1) is 0 Å². The van der Waals surface area contributed by atoms with E-state index in [1.807, 2.05) is 0 Å². The number of carbonyl (C=O) groups is 1. The van der Waals surface area contributed by atoms with Crippen molar-refractivity contribution in [1.29, 1.82) is 0 Å². The standard InChI is InChI=1S/C7H10O4/c1-2-6(8)11-7(9)4-3-5-10-7/h2,9H,1,3-5H2. The van der Waals surface area contributed by atoms with Crippen LogP contribution in [-0.2, 0) is 14.3 Å². The summed E-state index contributed by atoms with van der Waals surface area (Å²) in [5, 5.41) is 9.28. The van der Waals surface area contributed by atoms with Gasteiger partial charge >= 0.3 is 11.9 Å². The van der Waals surface area contributed by atoms with Crippen molar-refractivity contribution in [2.24, 2.45) is 0 Å². The van der Waals surface area contributed by atoms with Gasteiger partial charge in [0.25, 0.3) is 0 Å². The summed E-state index contributed by atoms with van der Waals surface area (Å²) in [5.41, 5.74) is 0. The molecule has 4 nitrogen and oxygen atoms in total. The molecule has 0 aliphatic carbocycles. The Labute approximate surface area is 64.4 Å². The maximum Gasteiger partial charge on any atom is 0.334 e. The van der Waals surface area contributed by atoms with Crippen LogP contribution in [0.3, 0.4) is 0 Å². The first-order valence-corrected chi connectivity index (χ1v) is 3.38. The van der Waals surface area contributed by atoms with Crippen molar-refractivity contribution in [2.45, 2.75) is 18.8 Å². The molecule has 1 aliphatic rings. The van der Waals surface area contributed by atoms with Gasteiger partial charge in [0.2, 0.25) is 0 Å². The summed E-state index contributed by atoms with van der Waals surface area (Å²) in [6.07, 6.45) is 2.01. The van der Waals surface area contributed by atoms with Gasteiger partial charge in [0.05, 0.1) is 6.61 Å². The number of rotatable bonds is 2. The van der Waals surface area contributed by atoms with Gasteiger partial charge in [0, 0.05) is 12.5 Å². The number of aliphatic hydroxyl groups is 1. The highest BCUT2D eigenvalue weighted by Gasteiger charge is 2.36. The Balaban J connectivity index is 2.45. The molecule has 0 saturated carbocycles. The Kier molecular flexibility index (Phi) is 2.26. The van der Waals surface area contributed by atoms with Crippen LogP contribution >= 0.6 is 0 Å². The van der Waals surface area contributed by atoms with E-state index >= 15 is 0 Å². The minimum Gasteiger partial charge on any atom is -0.405 e. The SMILES string of the molecule is C=CC(=O)OC1(O)CCCO1. The Morgan fingerprint density at radius 1 is 1.82 bits per heavy atom. The molecule has 1 heterocycles. The van der Waals surface area contributed by atoms with Gasteiger partial charge in [0.15, 0.2) is 0 Å². The van der Waals surface area contributed by atoms with Crippen LogP contribution in [0.4, 0.5) is 0 Å². The van der Waals surface area contributed by atoms with Crippen LogP contribution in [0.2, 0.25) is 0 Å². The Morgan fingerprint density at radius 2 is 2.55 bits per heavy atom. The maximum atomic E-state index is 10.6. The number of hydrogen-bond acceptors (Lipinski definition) is 4. The van der Waals surface area contributed by atoms with E-state index in [4.69, 9.17) is 4.74 Å². The second-order valence-electron chi connectivity index (χ2n) is 2.29. The zero-order chi connectivity index (χ0) is 8.32. The summed E-state index contributed by atoms with van der Waals surface area (Å²) in [5.74, 6) is -2.37. The first-order chi connectivity index (χ1) is 5.16. The molecular weight excluding hydrogens is 148 g/mol. The summed E-state index contributed by atoms with van der Waals surface area (Å²) >= 11 is 0. The van der Waals surface area contributed by atoms with E-state index in [2.05, 4.69) is 11.3 Å². The van der Waals surface area contributed by atoms with Crippen LogP contribution in [0.5, 0.6) is 0 Å². The van der Waals surface area contributed by atoms with Gasteiger partial charge in [-0.05, 0) is 6.42 Å². The molecule has 0 aromatic rings. The van der Waals surface area contributed by atoms with E-state index < -0.39 is 11.9 Å². The number of hydrogen-bond donors (Lipinski definition) is 1. The topological polar surface area (TPSA) is 55.8 Å². The number of carbonyl (C=O) groups excluding carboxylic acids is 1. The van der Waals surface area contributed by atoms with Gasteiger partial charge in [0.1, 0.15) is 0 Å². The number of esters is 1. The van der Waals surface area contributed by atoms with E-state index in [9.17, 15) is 9.90 Å². The van der Waals surface area contributed by atoms with Crippen LogP contribution in [0.15, 0.2) is 12.7 Å². The third-order valence-electron chi connectivity index (χ3n) is 1.39. The van der Waals surface area contributed by atoms with Crippen molar-refractivity contribution in [1.82, 2.24) is 0 Å². The first-order valence-electron chi connectivity index (χ1n) is 3.38. The molecule has 1 aliphatic heterocycles. The lowest BCUT2D eigenvalue weighted by molar-refractivity contribution is -0.318. The van der Waals surface area contributed by atoms with E-state index in [0.717, 1.165) is 6.08 Å². The lowest BCUT2D eigenvalue weighted by atomic mass is 10.3. The van der Waals surface area contributed by atoms with E-state index in [-0.39, 0.29) is 0 Å². The zero-order valence-electron chi connectivity index (χ0n) is 6.08. The molecule has 4 heteroatoms. The van der Waals surface area contributed by atoms with E-state index in [0.29, 0.717) is 19.4 Å². The average molecular weight is 158 g/mol. The molecule has 1 rings (SSSR count). The predicted octanol–water partition coefficient (Wildman–Crippen LogP) is 0.172. The molecule has 0 bridgehead atoms. The molecule has 1 atom stereocenters. The van der Waals surface area contributed by atoms with Crippen molar-refractivity contribution in [3.05, 3.63) is 12.7 Å². The van der Waals surface area contributed by atoms with Crippen molar-refractivity contribution in [2.75, 3.05) is 6.61 Å². The Hall–Kier alpha value is -0.870. The molecule has 11 heavy (non-hydrogen) atoms. The minimum absolute atomic E-state index is 0.326. The molecule has 62 valence electrons. The first kappa shape index (κ1) is 8.23. The van der Waals surface area contributed by atoms with Gasteiger partial charge in [-0.1, -0.05) is 6.58 Å². The molecule has 1 unspecified atom stereocenters. The van der Waals surface area contributed by atoms with E-state index in [1.54, 1.807) is 0 Å². The minimum atomic E-state index is -1.70. The second-order valence-corrected chi connectivity index (χ2v) is 2.29. The molecule has 0 radical (unpaired) electrons. The molecule has 1 fully saturated rings. The summed E-state index contributed by atoms with van der Waals surface area (Å²) in [6, 6.07) is 0. The smallest absolute Gasteiger partial charge is 0.334 e. The van der Waals surface area contributed by atoms with Gasteiger partial charge in [-0.25, -0.2) is 4.79 Å². The third-order valence-corrected chi connectivity index (χ3v) is 1.39. The lowest BCUT2D eigenvalue weighted by Gasteiger charge is -2.19. The predicted molar refractivity (Wildman–Crippen MR) is 36.4 cm³/mol. The fourth-order valence-electron chi connectivity index (χ4n) is 0.879. The zero-order valence-corrected chi connectivity index (χ0v) is 6.08. The molecule has 0 aromatic heterocycles. The average Bonchev–Trinajstić information content (AvgIpc) is 2.36. The van der Waals surface area contributed by atoms with Crippen molar-refractivity contribution >= 4 is 5.97 Å². The fourth-order valence-corrected chi connectivity index (χ4v) is 0.879. The number of ether oxygens (including phenoxy) is 2. The van der Waals surface area contributed by atoms with Gasteiger partial charge in [-0.2, -0.15) is 0 Å².